The van der Waals surface area contributed by atoms with Crippen molar-refractivity contribution in [3.63, 3.8) is 0 Å². The predicted octanol–water partition coefficient (Wildman–Crippen LogP) is 4.49. The monoisotopic (exact) mass is 347 g/mol. The number of nitrogens with one attached hydrogen (secondary N) is 3. The Balaban J connectivity index is 1.39. The topological polar surface area (TPSA) is 56.9 Å². The molecule has 2 aromatic carbocycles. The fourth-order valence-corrected chi connectivity index (χ4v) is 3.84. The van der Waals surface area contributed by atoms with Crippen LogP contribution >= 0.6 is 0 Å². The standard InChI is InChI=1S/C22H25N3O/c26-22(19-10-4-6-12-21(19)25-17-7-1-2-8-17)23-14-13-16-15-24-20-11-5-3-9-18(16)20/h3-6,9-12,15,17,24-25H,1-2,7-8,13-14H2,(H,23,26). The number of H-pyrrole nitrogens is 1. The number of para-hydroxylation sites is 2. The van der Waals surface area contributed by atoms with Gasteiger partial charge >= 0.3 is 0 Å². The van der Waals surface area contributed by atoms with Crippen LogP contribution < -0.4 is 10.6 Å². The van der Waals surface area contributed by atoms with Crippen molar-refractivity contribution < 1.29 is 4.79 Å². The number of anilines is 1. The minimum absolute atomic E-state index is 0.00839. The highest BCUT2D eigenvalue weighted by molar-refractivity contribution is 5.99. The Bertz CT molecular complexity index is 893. The number of rotatable bonds is 6. The van der Waals surface area contributed by atoms with Crippen LogP contribution in [0.25, 0.3) is 10.9 Å². The summed E-state index contributed by atoms with van der Waals surface area (Å²) in [6.07, 6.45) is 7.78. The lowest BCUT2D eigenvalue weighted by atomic mass is 10.1. The first-order chi connectivity index (χ1) is 12.8. The third kappa shape index (κ3) is 3.59. The molecule has 1 saturated carbocycles. The van der Waals surface area contributed by atoms with Crippen molar-refractivity contribution >= 4 is 22.5 Å². The molecule has 0 saturated heterocycles. The summed E-state index contributed by atoms with van der Waals surface area (Å²) in [4.78, 5) is 16.0. The summed E-state index contributed by atoms with van der Waals surface area (Å²) in [7, 11) is 0. The van der Waals surface area contributed by atoms with Crippen LogP contribution in [0, 0.1) is 0 Å². The van der Waals surface area contributed by atoms with Gasteiger partial charge in [-0.25, -0.2) is 0 Å². The molecule has 0 atom stereocenters. The van der Waals surface area contributed by atoms with Gasteiger partial charge in [-0.05, 0) is 43.0 Å². The van der Waals surface area contributed by atoms with Gasteiger partial charge in [0.05, 0.1) is 5.56 Å². The van der Waals surface area contributed by atoms with Crippen molar-refractivity contribution in [1.82, 2.24) is 10.3 Å². The second-order valence-corrected chi connectivity index (χ2v) is 7.04. The van der Waals surface area contributed by atoms with E-state index in [1.54, 1.807) is 0 Å². The summed E-state index contributed by atoms with van der Waals surface area (Å²) < 4.78 is 0. The highest BCUT2D eigenvalue weighted by Crippen LogP contribution is 2.24. The molecule has 0 unspecified atom stereocenters. The average Bonchev–Trinajstić information content (AvgIpc) is 3.32. The van der Waals surface area contributed by atoms with Crippen LogP contribution in [0.2, 0.25) is 0 Å². The molecule has 0 aliphatic heterocycles. The molecule has 1 heterocycles. The maximum absolute atomic E-state index is 12.7. The lowest BCUT2D eigenvalue weighted by Gasteiger charge is -2.17. The van der Waals surface area contributed by atoms with Crippen molar-refractivity contribution in [3.8, 4) is 0 Å². The number of benzene rings is 2. The molecule has 134 valence electrons. The van der Waals surface area contributed by atoms with Crippen molar-refractivity contribution in [1.29, 1.82) is 0 Å². The summed E-state index contributed by atoms with van der Waals surface area (Å²) in [5.74, 6) is -0.00839. The summed E-state index contributed by atoms with van der Waals surface area (Å²) in [5, 5.41) is 7.85. The van der Waals surface area contributed by atoms with Gasteiger partial charge in [0, 0.05) is 35.4 Å². The predicted molar refractivity (Wildman–Crippen MR) is 107 cm³/mol. The molecule has 1 aliphatic carbocycles. The second-order valence-electron chi connectivity index (χ2n) is 7.04. The fraction of sp³-hybridized carbons (Fsp3) is 0.318. The molecule has 0 radical (unpaired) electrons. The Hall–Kier alpha value is -2.75. The van der Waals surface area contributed by atoms with Gasteiger partial charge in [-0.2, -0.15) is 0 Å². The van der Waals surface area contributed by atoms with Gasteiger partial charge in [0.15, 0.2) is 0 Å². The number of hydrogen-bond donors (Lipinski definition) is 3. The quantitative estimate of drug-likeness (QED) is 0.615. The molecular formula is C22H25N3O. The Morgan fingerprint density at radius 1 is 1.04 bits per heavy atom. The van der Waals surface area contributed by atoms with E-state index in [1.807, 2.05) is 42.6 Å². The molecule has 0 bridgehead atoms. The number of aromatic amines is 1. The Kier molecular flexibility index (Phi) is 4.91. The van der Waals surface area contributed by atoms with Crippen LogP contribution in [0.4, 0.5) is 5.69 Å². The Morgan fingerprint density at radius 2 is 1.81 bits per heavy atom. The Labute approximate surface area is 154 Å². The molecule has 4 nitrogen and oxygen atoms in total. The van der Waals surface area contributed by atoms with Gasteiger partial charge in [0.25, 0.3) is 5.91 Å². The van der Waals surface area contributed by atoms with E-state index in [2.05, 4.69) is 27.8 Å². The van der Waals surface area contributed by atoms with E-state index >= 15 is 0 Å². The smallest absolute Gasteiger partial charge is 0.253 e. The van der Waals surface area contributed by atoms with E-state index in [1.165, 1.54) is 36.6 Å². The van der Waals surface area contributed by atoms with Crippen LogP contribution in [-0.4, -0.2) is 23.5 Å². The average molecular weight is 347 g/mol. The highest BCUT2D eigenvalue weighted by Gasteiger charge is 2.17. The van der Waals surface area contributed by atoms with Crippen LogP contribution in [0.3, 0.4) is 0 Å². The third-order valence-corrected chi connectivity index (χ3v) is 5.24. The SMILES string of the molecule is O=C(NCCc1c[nH]c2ccccc12)c1ccccc1NC1CCCC1. The van der Waals surface area contributed by atoms with E-state index in [9.17, 15) is 4.79 Å². The van der Waals surface area contributed by atoms with Gasteiger partial charge in [-0.15, -0.1) is 0 Å². The van der Waals surface area contributed by atoms with Crippen LogP contribution in [0.15, 0.2) is 54.7 Å². The molecular weight excluding hydrogens is 322 g/mol. The van der Waals surface area contributed by atoms with Gasteiger partial charge in [-0.1, -0.05) is 43.2 Å². The van der Waals surface area contributed by atoms with Crippen molar-refractivity contribution in [2.45, 2.75) is 38.1 Å². The molecule has 1 amide bonds. The molecule has 3 aromatic rings. The molecule has 4 heteroatoms. The Morgan fingerprint density at radius 3 is 2.69 bits per heavy atom. The van der Waals surface area contributed by atoms with E-state index in [0.717, 1.165) is 23.2 Å². The number of carbonyl (C=O) groups excluding carboxylic acids is 1. The number of carbonyl (C=O) groups is 1. The van der Waals surface area contributed by atoms with Crippen molar-refractivity contribution in [2.24, 2.45) is 0 Å². The lowest BCUT2D eigenvalue weighted by Crippen LogP contribution is -2.27. The maximum atomic E-state index is 12.7. The largest absolute Gasteiger partial charge is 0.382 e. The van der Waals surface area contributed by atoms with E-state index < -0.39 is 0 Å². The first-order valence-electron chi connectivity index (χ1n) is 9.50. The summed E-state index contributed by atoms with van der Waals surface area (Å²) in [6, 6.07) is 16.6. The van der Waals surface area contributed by atoms with Crippen LogP contribution in [-0.2, 0) is 6.42 Å². The van der Waals surface area contributed by atoms with Gasteiger partial charge in [0.2, 0.25) is 0 Å². The van der Waals surface area contributed by atoms with E-state index in [-0.39, 0.29) is 5.91 Å². The maximum Gasteiger partial charge on any atom is 0.253 e. The lowest BCUT2D eigenvalue weighted by molar-refractivity contribution is 0.0955. The van der Waals surface area contributed by atoms with E-state index in [4.69, 9.17) is 0 Å². The summed E-state index contributed by atoms with van der Waals surface area (Å²) in [6.45, 7) is 0.623. The van der Waals surface area contributed by atoms with Gasteiger partial charge < -0.3 is 15.6 Å². The number of aromatic nitrogens is 1. The third-order valence-electron chi connectivity index (χ3n) is 5.24. The van der Waals surface area contributed by atoms with Crippen molar-refractivity contribution in [3.05, 3.63) is 65.9 Å². The first kappa shape index (κ1) is 16.7. The summed E-state index contributed by atoms with van der Waals surface area (Å²) >= 11 is 0. The molecule has 4 rings (SSSR count). The molecule has 1 aromatic heterocycles. The molecule has 0 spiro atoms. The molecule has 1 aliphatic rings. The van der Waals surface area contributed by atoms with Gasteiger partial charge in [-0.3, -0.25) is 4.79 Å². The van der Waals surface area contributed by atoms with Crippen LogP contribution in [0.1, 0.15) is 41.6 Å². The van der Waals surface area contributed by atoms with E-state index in [0.29, 0.717) is 12.6 Å². The summed E-state index contributed by atoms with van der Waals surface area (Å²) in [5.41, 5.74) is 4.06. The van der Waals surface area contributed by atoms with Crippen LogP contribution in [0.5, 0.6) is 0 Å². The zero-order valence-electron chi connectivity index (χ0n) is 14.9. The molecule has 1 fully saturated rings. The zero-order chi connectivity index (χ0) is 17.8. The fourth-order valence-electron chi connectivity index (χ4n) is 3.84. The number of fused-ring (bicyclic) bond motifs is 1. The second kappa shape index (κ2) is 7.65. The molecule has 3 N–H and O–H groups in total. The number of amides is 1. The van der Waals surface area contributed by atoms with Crippen molar-refractivity contribution in [2.75, 3.05) is 11.9 Å². The highest BCUT2D eigenvalue weighted by atomic mass is 16.1. The molecule has 26 heavy (non-hydrogen) atoms. The zero-order valence-corrected chi connectivity index (χ0v) is 14.9. The normalized spacial score (nSPS) is 14.6. The number of hydrogen-bond acceptors (Lipinski definition) is 2. The first-order valence-corrected chi connectivity index (χ1v) is 9.50. The van der Waals surface area contributed by atoms with Gasteiger partial charge in [0.1, 0.15) is 0 Å². The minimum Gasteiger partial charge on any atom is -0.382 e. The minimum atomic E-state index is -0.00839.